The maximum Gasteiger partial charge on any atom is 0.417 e. The lowest BCUT2D eigenvalue weighted by atomic mass is 10.1. The van der Waals surface area contributed by atoms with Crippen molar-refractivity contribution in [1.82, 2.24) is 4.98 Å². The van der Waals surface area contributed by atoms with Crippen molar-refractivity contribution >= 4 is 17.5 Å². The SMILES string of the molecule is Cc1ccc(C(=O)C=CSc2ccc(C(F)(F)F)cn2)cc1. The van der Waals surface area contributed by atoms with Crippen LogP contribution in [0.1, 0.15) is 21.5 Å². The molecule has 0 aliphatic heterocycles. The van der Waals surface area contributed by atoms with Crippen LogP contribution in [0.2, 0.25) is 0 Å². The molecule has 0 fully saturated rings. The number of alkyl halides is 3. The summed E-state index contributed by atoms with van der Waals surface area (Å²) < 4.78 is 37.2. The highest BCUT2D eigenvalue weighted by molar-refractivity contribution is 8.02. The number of allylic oxidation sites excluding steroid dienone is 1. The van der Waals surface area contributed by atoms with Crippen LogP contribution in [0.5, 0.6) is 0 Å². The summed E-state index contributed by atoms with van der Waals surface area (Å²) in [5.74, 6) is -0.167. The second kappa shape index (κ2) is 6.79. The molecule has 0 saturated carbocycles. The van der Waals surface area contributed by atoms with Crippen LogP contribution >= 0.6 is 11.8 Å². The van der Waals surface area contributed by atoms with Crippen molar-refractivity contribution < 1.29 is 18.0 Å². The van der Waals surface area contributed by atoms with Crippen LogP contribution in [0.4, 0.5) is 13.2 Å². The highest BCUT2D eigenvalue weighted by Gasteiger charge is 2.30. The molecule has 0 aliphatic carbocycles. The number of carbonyl (C=O) groups excluding carboxylic acids is 1. The summed E-state index contributed by atoms with van der Waals surface area (Å²) in [4.78, 5) is 15.6. The van der Waals surface area contributed by atoms with Crippen molar-refractivity contribution in [3.8, 4) is 0 Å². The van der Waals surface area contributed by atoms with E-state index in [0.717, 1.165) is 29.6 Å². The summed E-state index contributed by atoms with van der Waals surface area (Å²) in [7, 11) is 0. The molecule has 0 spiro atoms. The Morgan fingerprint density at radius 1 is 1.14 bits per heavy atom. The predicted octanol–water partition coefficient (Wildman–Crippen LogP) is 4.90. The van der Waals surface area contributed by atoms with Gasteiger partial charge < -0.3 is 0 Å². The summed E-state index contributed by atoms with van der Waals surface area (Å²) in [6, 6.07) is 9.36. The minimum absolute atomic E-state index is 0.167. The Kier molecular flexibility index (Phi) is 5.03. The maximum absolute atomic E-state index is 12.4. The number of benzene rings is 1. The van der Waals surface area contributed by atoms with E-state index in [1.807, 2.05) is 19.1 Å². The molecule has 22 heavy (non-hydrogen) atoms. The van der Waals surface area contributed by atoms with E-state index in [9.17, 15) is 18.0 Å². The number of halogens is 3. The van der Waals surface area contributed by atoms with Crippen LogP contribution in [0.3, 0.4) is 0 Å². The van der Waals surface area contributed by atoms with Gasteiger partial charge in [0, 0.05) is 11.8 Å². The van der Waals surface area contributed by atoms with Crippen LogP contribution in [0.25, 0.3) is 0 Å². The minimum atomic E-state index is -4.40. The number of thioether (sulfide) groups is 1. The zero-order valence-electron chi connectivity index (χ0n) is 11.6. The van der Waals surface area contributed by atoms with E-state index >= 15 is 0 Å². The van der Waals surface area contributed by atoms with Gasteiger partial charge in [0.05, 0.1) is 5.56 Å². The monoisotopic (exact) mass is 323 g/mol. The highest BCUT2D eigenvalue weighted by Crippen LogP contribution is 2.29. The van der Waals surface area contributed by atoms with Gasteiger partial charge in [-0.2, -0.15) is 13.2 Å². The lowest BCUT2D eigenvalue weighted by Gasteiger charge is -2.05. The number of ketones is 1. The largest absolute Gasteiger partial charge is 0.417 e. The van der Waals surface area contributed by atoms with Crippen LogP contribution in [-0.4, -0.2) is 10.8 Å². The van der Waals surface area contributed by atoms with Gasteiger partial charge in [0.25, 0.3) is 0 Å². The summed E-state index contributed by atoms with van der Waals surface area (Å²) >= 11 is 1.09. The number of aromatic nitrogens is 1. The van der Waals surface area contributed by atoms with Crippen molar-refractivity contribution in [3.05, 3.63) is 70.8 Å². The molecule has 6 heteroatoms. The summed E-state index contributed by atoms with van der Waals surface area (Å²) in [5.41, 5.74) is 0.822. The molecule has 1 aromatic carbocycles. The fourth-order valence-electron chi connectivity index (χ4n) is 1.60. The molecule has 1 aromatic heterocycles. The Labute approximate surface area is 130 Å². The normalized spacial score (nSPS) is 11.8. The number of hydrogen-bond acceptors (Lipinski definition) is 3. The van der Waals surface area contributed by atoms with Crippen LogP contribution < -0.4 is 0 Å². The van der Waals surface area contributed by atoms with E-state index in [2.05, 4.69) is 4.98 Å². The van der Waals surface area contributed by atoms with Gasteiger partial charge in [0.2, 0.25) is 0 Å². The molecule has 0 saturated heterocycles. The molecule has 0 bridgehead atoms. The topological polar surface area (TPSA) is 30.0 Å². The van der Waals surface area contributed by atoms with Crippen molar-refractivity contribution in [2.24, 2.45) is 0 Å². The quantitative estimate of drug-likeness (QED) is 0.455. The van der Waals surface area contributed by atoms with E-state index in [-0.39, 0.29) is 5.78 Å². The molecule has 0 N–H and O–H groups in total. The molecule has 2 nitrogen and oxygen atoms in total. The van der Waals surface area contributed by atoms with Gasteiger partial charge in [0.15, 0.2) is 5.78 Å². The summed E-state index contributed by atoms with van der Waals surface area (Å²) in [6.45, 7) is 1.93. The van der Waals surface area contributed by atoms with Gasteiger partial charge in [0.1, 0.15) is 5.03 Å². The molecule has 0 radical (unpaired) electrons. The van der Waals surface area contributed by atoms with E-state index < -0.39 is 11.7 Å². The van der Waals surface area contributed by atoms with Gasteiger partial charge in [-0.05, 0) is 30.5 Å². The fourth-order valence-corrected chi connectivity index (χ4v) is 2.19. The van der Waals surface area contributed by atoms with Gasteiger partial charge >= 0.3 is 6.18 Å². The molecule has 2 aromatic rings. The number of nitrogens with zero attached hydrogens (tertiary/aromatic N) is 1. The first-order valence-electron chi connectivity index (χ1n) is 6.34. The molecule has 1 heterocycles. The van der Waals surface area contributed by atoms with Crippen LogP contribution in [0, 0.1) is 6.92 Å². The molecular weight excluding hydrogens is 311 g/mol. The predicted molar refractivity (Wildman–Crippen MR) is 79.7 cm³/mol. The Balaban J connectivity index is 1.97. The zero-order chi connectivity index (χ0) is 16.2. The van der Waals surface area contributed by atoms with E-state index in [1.165, 1.54) is 17.6 Å². The number of carbonyl (C=O) groups is 1. The molecule has 0 unspecified atom stereocenters. The van der Waals surface area contributed by atoms with Crippen molar-refractivity contribution in [1.29, 1.82) is 0 Å². The number of hydrogen-bond donors (Lipinski definition) is 0. The number of rotatable bonds is 4. The van der Waals surface area contributed by atoms with Gasteiger partial charge in [-0.25, -0.2) is 4.98 Å². The first-order valence-corrected chi connectivity index (χ1v) is 7.22. The molecular formula is C16H12F3NOS. The second-order valence-electron chi connectivity index (χ2n) is 4.53. The van der Waals surface area contributed by atoms with E-state index in [4.69, 9.17) is 0 Å². The minimum Gasteiger partial charge on any atom is -0.289 e. The lowest BCUT2D eigenvalue weighted by molar-refractivity contribution is -0.137. The standard InChI is InChI=1S/C16H12F3NOS/c1-11-2-4-12(5-3-11)14(21)8-9-22-15-7-6-13(10-20-15)16(17,18)19/h2-10H,1H3. The van der Waals surface area contributed by atoms with Gasteiger partial charge in [-0.3, -0.25) is 4.79 Å². The fraction of sp³-hybridized carbons (Fsp3) is 0.125. The van der Waals surface area contributed by atoms with Gasteiger partial charge in [-0.15, -0.1) is 0 Å². The van der Waals surface area contributed by atoms with Crippen molar-refractivity contribution in [2.45, 2.75) is 18.1 Å². The zero-order valence-corrected chi connectivity index (χ0v) is 12.4. The molecule has 0 atom stereocenters. The third-order valence-corrected chi connectivity index (χ3v) is 3.56. The molecule has 2 rings (SSSR count). The Bertz CT molecular complexity index is 676. The third-order valence-electron chi connectivity index (χ3n) is 2.81. The highest BCUT2D eigenvalue weighted by atomic mass is 32.2. The lowest BCUT2D eigenvalue weighted by Crippen LogP contribution is -2.04. The van der Waals surface area contributed by atoms with Crippen LogP contribution in [0.15, 0.2) is 59.1 Å². The van der Waals surface area contributed by atoms with Crippen LogP contribution in [-0.2, 0) is 6.18 Å². The Morgan fingerprint density at radius 2 is 1.82 bits per heavy atom. The van der Waals surface area contributed by atoms with Gasteiger partial charge in [-0.1, -0.05) is 41.6 Å². The Hall–Kier alpha value is -2.08. The first-order chi connectivity index (χ1) is 10.4. The molecule has 0 aliphatic rings. The van der Waals surface area contributed by atoms with E-state index in [0.29, 0.717) is 10.6 Å². The third kappa shape index (κ3) is 4.46. The Morgan fingerprint density at radius 3 is 2.36 bits per heavy atom. The number of pyridine rings is 1. The maximum atomic E-state index is 12.4. The average molecular weight is 323 g/mol. The van der Waals surface area contributed by atoms with E-state index in [1.54, 1.807) is 12.1 Å². The first kappa shape index (κ1) is 16.3. The van der Waals surface area contributed by atoms with Crippen molar-refractivity contribution in [3.63, 3.8) is 0 Å². The number of aryl methyl sites for hydroxylation is 1. The molecule has 114 valence electrons. The summed E-state index contributed by atoms with van der Waals surface area (Å²) in [5, 5.41) is 1.90. The molecule has 0 amide bonds. The summed E-state index contributed by atoms with van der Waals surface area (Å²) in [6.07, 6.45) is -2.25. The smallest absolute Gasteiger partial charge is 0.289 e. The second-order valence-corrected chi connectivity index (χ2v) is 5.46. The van der Waals surface area contributed by atoms with Crippen molar-refractivity contribution in [2.75, 3.05) is 0 Å². The average Bonchev–Trinajstić information content (AvgIpc) is 2.47.